The molecule has 2 aromatic rings. The summed E-state index contributed by atoms with van der Waals surface area (Å²) < 4.78 is 58.7. The Labute approximate surface area is 186 Å². The van der Waals surface area contributed by atoms with Crippen LogP contribution >= 0.6 is 0 Å². The molecule has 0 bridgehead atoms. The summed E-state index contributed by atoms with van der Waals surface area (Å²) in [4.78, 5) is 31.9. The Morgan fingerprint density at radius 3 is 2.45 bits per heavy atom. The van der Waals surface area contributed by atoms with E-state index < -0.39 is 41.1 Å². The number of alkyl halides is 3. The second-order valence-corrected chi connectivity index (χ2v) is 7.11. The Morgan fingerprint density at radius 2 is 1.85 bits per heavy atom. The monoisotopic (exact) mass is 464 g/mol. The number of pyridine rings is 1. The van der Waals surface area contributed by atoms with E-state index in [-0.39, 0.29) is 24.5 Å². The first-order valence-electron chi connectivity index (χ1n) is 9.77. The lowest BCUT2D eigenvalue weighted by atomic mass is 9.99. The summed E-state index contributed by atoms with van der Waals surface area (Å²) in [6, 6.07) is 8.71. The number of halogens is 4. The van der Waals surface area contributed by atoms with Gasteiger partial charge in [-0.3, -0.25) is 14.6 Å². The van der Waals surface area contributed by atoms with Crippen molar-refractivity contribution < 1.29 is 31.9 Å². The van der Waals surface area contributed by atoms with E-state index in [0.717, 1.165) is 30.7 Å². The lowest BCUT2D eigenvalue weighted by molar-refractivity contribution is -0.141. The molecule has 2 heterocycles. The fourth-order valence-corrected chi connectivity index (χ4v) is 3.16. The molecular weight excluding hydrogens is 444 g/mol. The predicted octanol–water partition coefficient (Wildman–Crippen LogP) is 3.22. The number of dihydropyridines is 1. The third-order valence-corrected chi connectivity index (χ3v) is 4.80. The molecule has 1 unspecified atom stereocenters. The van der Waals surface area contributed by atoms with Crippen LogP contribution in [0.1, 0.15) is 28.7 Å². The van der Waals surface area contributed by atoms with Gasteiger partial charge < -0.3 is 15.4 Å². The van der Waals surface area contributed by atoms with E-state index >= 15 is 4.39 Å². The quantitative estimate of drug-likeness (QED) is 0.641. The van der Waals surface area contributed by atoms with Crippen molar-refractivity contribution in [3.05, 3.63) is 70.8 Å². The lowest BCUT2D eigenvalue weighted by Crippen LogP contribution is -2.45. The molecule has 1 aromatic carbocycles. The first kappa shape index (κ1) is 23.9. The van der Waals surface area contributed by atoms with E-state index in [4.69, 9.17) is 4.74 Å². The van der Waals surface area contributed by atoms with Crippen molar-refractivity contribution in [3.63, 3.8) is 0 Å². The second kappa shape index (κ2) is 9.80. The number of hydrogen-bond acceptors (Lipinski definition) is 6. The summed E-state index contributed by atoms with van der Waals surface area (Å²) in [7, 11) is 1.53. The van der Waals surface area contributed by atoms with Crippen LogP contribution in [0.5, 0.6) is 5.75 Å². The molecule has 0 aliphatic carbocycles. The zero-order chi connectivity index (χ0) is 24.2. The van der Waals surface area contributed by atoms with E-state index in [1.54, 1.807) is 24.3 Å². The number of aliphatic imine (C=N–C) groups is 1. The number of carbonyl (C=O) groups excluding carboxylic acids is 2. The molecule has 7 nitrogen and oxygen atoms in total. The first-order valence-corrected chi connectivity index (χ1v) is 9.77. The van der Waals surface area contributed by atoms with Crippen LogP contribution in [0, 0.1) is 0 Å². The highest BCUT2D eigenvalue weighted by Gasteiger charge is 2.34. The number of hydrogen-bond donors (Lipinski definition) is 2. The molecule has 1 amide bonds. The van der Waals surface area contributed by atoms with Gasteiger partial charge in [-0.25, -0.2) is 9.37 Å². The number of methoxy groups -OCH3 is 1. The Balaban J connectivity index is 1.74. The maximum atomic E-state index is 15.0. The number of rotatable bonds is 6. The van der Waals surface area contributed by atoms with Crippen LogP contribution in [0.2, 0.25) is 0 Å². The van der Waals surface area contributed by atoms with Crippen molar-refractivity contribution in [2.75, 3.05) is 13.7 Å². The number of nitrogens with zero attached hydrogens (tertiary/aromatic N) is 2. The van der Waals surface area contributed by atoms with Crippen LogP contribution in [0.15, 0.2) is 58.9 Å². The van der Waals surface area contributed by atoms with Crippen molar-refractivity contribution in [2.24, 2.45) is 4.99 Å². The van der Waals surface area contributed by atoms with Crippen molar-refractivity contribution in [1.82, 2.24) is 15.6 Å². The molecule has 0 fully saturated rings. The molecular formula is C22H20F4N4O3. The summed E-state index contributed by atoms with van der Waals surface area (Å²) >= 11 is 0. The highest BCUT2D eigenvalue weighted by atomic mass is 19.4. The third-order valence-electron chi connectivity index (χ3n) is 4.80. The third kappa shape index (κ3) is 5.73. The minimum Gasteiger partial charge on any atom is -0.497 e. The van der Waals surface area contributed by atoms with Gasteiger partial charge in [0.25, 0.3) is 5.91 Å². The van der Waals surface area contributed by atoms with Gasteiger partial charge in [-0.1, -0.05) is 18.2 Å². The van der Waals surface area contributed by atoms with Gasteiger partial charge in [0.1, 0.15) is 17.1 Å². The molecule has 0 radical (unpaired) electrons. The maximum Gasteiger partial charge on any atom is 0.433 e. The van der Waals surface area contributed by atoms with Gasteiger partial charge in [-0.15, -0.1) is 0 Å². The molecule has 0 saturated heterocycles. The van der Waals surface area contributed by atoms with Crippen molar-refractivity contribution in [1.29, 1.82) is 0 Å². The number of ether oxygens (including phenoxy) is 1. The highest BCUT2D eigenvalue weighted by molar-refractivity contribution is 6.08. The maximum absolute atomic E-state index is 15.0. The molecule has 1 aliphatic heterocycles. The van der Waals surface area contributed by atoms with E-state index in [0.29, 0.717) is 5.75 Å². The Morgan fingerprint density at radius 1 is 1.15 bits per heavy atom. The highest BCUT2D eigenvalue weighted by Crippen LogP contribution is 2.27. The topological polar surface area (TPSA) is 92.7 Å². The smallest absolute Gasteiger partial charge is 0.433 e. The standard InChI is InChI=1S/C22H20F4N4O3/c1-12(31)18-16(30-21(32)15-4-3-5-17(29-15)22(24,25)26)11-28-20(19(18)23)27-10-13-6-8-14(33-2)9-7-13/h3-9,16H,10-11H2,1-2H3,(H,27,28)(H,30,32). The summed E-state index contributed by atoms with van der Waals surface area (Å²) in [5.41, 5.74) is -1.28. The van der Waals surface area contributed by atoms with Gasteiger partial charge in [0.2, 0.25) is 0 Å². The van der Waals surface area contributed by atoms with Crippen molar-refractivity contribution in [2.45, 2.75) is 25.7 Å². The van der Waals surface area contributed by atoms with Gasteiger partial charge in [-0.05, 0) is 36.8 Å². The van der Waals surface area contributed by atoms with Crippen LogP contribution in [-0.4, -0.2) is 42.2 Å². The zero-order valence-corrected chi connectivity index (χ0v) is 17.7. The van der Waals surface area contributed by atoms with Crippen molar-refractivity contribution in [3.8, 4) is 5.75 Å². The van der Waals surface area contributed by atoms with Crippen LogP contribution in [0.3, 0.4) is 0 Å². The number of amides is 1. The van der Waals surface area contributed by atoms with Gasteiger partial charge in [0.15, 0.2) is 17.4 Å². The van der Waals surface area contributed by atoms with Crippen LogP contribution in [0.4, 0.5) is 17.6 Å². The van der Waals surface area contributed by atoms with E-state index in [1.807, 2.05) is 0 Å². The summed E-state index contributed by atoms with van der Waals surface area (Å²) in [5, 5.41) is 5.16. The fraction of sp³-hybridized carbons (Fsp3) is 0.273. The number of benzene rings is 1. The lowest BCUT2D eigenvalue weighted by Gasteiger charge is -2.24. The molecule has 2 N–H and O–H groups in total. The fourth-order valence-electron chi connectivity index (χ4n) is 3.16. The number of carbonyl (C=O) groups is 2. The Kier molecular flexibility index (Phi) is 7.10. The normalized spacial score (nSPS) is 16.2. The summed E-state index contributed by atoms with van der Waals surface area (Å²) in [5.74, 6) is -2.06. The Hall–Kier alpha value is -3.76. The Bertz CT molecular complexity index is 1110. The summed E-state index contributed by atoms with van der Waals surface area (Å²) in [6.45, 7) is 1.16. The van der Waals surface area contributed by atoms with E-state index in [2.05, 4.69) is 20.6 Å². The molecule has 0 saturated carbocycles. The molecule has 11 heteroatoms. The molecule has 1 atom stereocenters. The van der Waals surface area contributed by atoms with Gasteiger partial charge in [-0.2, -0.15) is 13.2 Å². The number of amidine groups is 1. The number of Topliss-reactive ketones (excluding diaryl/α,β-unsaturated/α-hetero) is 1. The minimum atomic E-state index is -4.73. The van der Waals surface area contributed by atoms with E-state index in [9.17, 15) is 22.8 Å². The van der Waals surface area contributed by atoms with Gasteiger partial charge in [0.05, 0.1) is 25.3 Å². The molecule has 3 rings (SSSR count). The molecule has 1 aliphatic rings. The van der Waals surface area contributed by atoms with E-state index in [1.165, 1.54) is 7.11 Å². The zero-order valence-electron chi connectivity index (χ0n) is 17.7. The molecule has 0 spiro atoms. The molecule has 33 heavy (non-hydrogen) atoms. The predicted molar refractivity (Wildman–Crippen MR) is 111 cm³/mol. The largest absolute Gasteiger partial charge is 0.497 e. The van der Waals surface area contributed by atoms with Crippen LogP contribution in [-0.2, 0) is 17.5 Å². The number of aromatic nitrogens is 1. The van der Waals surface area contributed by atoms with Crippen LogP contribution < -0.4 is 15.4 Å². The SMILES string of the molecule is COc1ccc(CNC2=NCC(NC(=O)c3cccc(C(F)(F)F)n3)C(C(C)=O)=C2F)cc1. The second-order valence-electron chi connectivity index (χ2n) is 7.11. The summed E-state index contributed by atoms with van der Waals surface area (Å²) in [6.07, 6.45) is -4.73. The molecule has 174 valence electrons. The first-order chi connectivity index (χ1) is 15.6. The minimum absolute atomic E-state index is 0.154. The average molecular weight is 464 g/mol. The molecule has 1 aromatic heterocycles. The van der Waals surface area contributed by atoms with Crippen molar-refractivity contribution >= 4 is 17.5 Å². The average Bonchev–Trinajstić information content (AvgIpc) is 2.78. The van der Waals surface area contributed by atoms with Crippen LogP contribution in [0.25, 0.3) is 0 Å². The number of nitrogens with one attached hydrogen (secondary N) is 2. The van der Waals surface area contributed by atoms with Gasteiger partial charge >= 0.3 is 6.18 Å². The van der Waals surface area contributed by atoms with Gasteiger partial charge in [0, 0.05) is 6.54 Å². The number of ketones is 1.